The average molecular weight is 426 g/mol. The summed E-state index contributed by atoms with van der Waals surface area (Å²) in [4.78, 5) is 19.9. The van der Waals surface area contributed by atoms with Crippen molar-refractivity contribution in [3.63, 3.8) is 0 Å². The van der Waals surface area contributed by atoms with Gasteiger partial charge in [-0.25, -0.2) is 0 Å². The Bertz CT molecular complexity index is 908. The van der Waals surface area contributed by atoms with Crippen LogP contribution in [0.1, 0.15) is 40.9 Å². The van der Waals surface area contributed by atoms with Gasteiger partial charge in [-0.1, -0.05) is 36.4 Å². The molecule has 0 spiro atoms. The molecule has 7 heteroatoms. The van der Waals surface area contributed by atoms with Crippen molar-refractivity contribution in [1.82, 2.24) is 25.0 Å². The van der Waals surface area contributed by atoms with Gasteiger partial charge in [0.05, 0.1) is 30.5 Å². The van der Waals surface area contributed by atoms with Crippen LogP contribution in [0.5, 0.6) is 0 Å². The van der Waals surface area contributed by atoms with Crippen LogP contribution >= 0.6 is 12.4 Å². The van der Waals surface area contributed by atoms with E-state index < -0.39 is 0 Å². The van der Waals surface area contributed by atoms with Crippen LogP contribution in [0, 0.1) is 0 Å². The Morgan fingerprint density at radius 3 is 2.73 bits per heavy atom. The van der Waals surface area contributed by atoms with Crippen LogP contribution in [0.15, 0.2) is 67.1 Å². The zero-order valence-corrected chi connectivity index (χ0v) is 17.8. The van der Waals surface area contributed by atoms with Crippen LogP contribution in [0.25, 0.3) is 0 Å². The van der Waals surface area contributed by atoms with Crippen molar-refractivity contribution in [1.29, 1.82) is 0 Å². The lowest BCUT2D eigenvalue weighted by atomic mass is 10.1. The topological polar surface area (TPSA) is 63.1 Å². The van der Waals surface area contributed by atoms with Crippen molar-refractivity contribution >= 4 is 18.3 Å². The van der Waals surface area contributed by atoms with E-state index in [1.165, 1.54) is 0 Å². The number of hydrogen-bond donors (Lipinski definition) is 1. The van der Waals surface area contributed by atoms with Gasteiger partial charge in [-0.3, -0.25) is 14.5 Å². The van der Waals surface area contributed by atoms with E-state index in [0.29, 0.717) is 18.7 Å². The third-order valence-corrected chi connectivity index (χ3v) is 5.37. The number of nitrogens with zero attached hydrogens (tertiary/aromatic N) is 4. The van der Waals surface area contributed by atoms with Crippen molar-refractivity contribution in [2.24, 2.45) is 0 Å². The van der Waals surface area contributed by atoms with Crippen molar-refractivity contribution in [3.05, 3.63) is 83.9 Å². The highest BCUT2D eigenvalue weighted by atomic mass is 35.5. The second-order valence-electron chi connectivity index (χ2n) is 7.50. The second-order valence-corrected chi connectivity index (χ2v) is 7.50. The first-order valence-electron chi connectivity index (χ1n) is 10.3. The van der Waals surface area contributed by atoms with Crippen molar-refractivity contribution < 1.29 is 4.79 Å². The van der Waals surface area contributed by atoms with E-state index in [1.807, 2.05) is 52.2 Å². The van der Waals surface area contributed by atoms with E-state index in [9.17, 15) is 4.79 Å². The molecule has 0 bridgehead atoms. The summed E-state index contributed by atoms with van der Waals surface area (Å²) >= 11 is 0. The number of carbonyl (C=O) groups excluding carboxylic acids is 1. The molecule has 1 aliphatic heterocycles. The van der Waals surface area contributed by atoms with Crippen molar-refractivity contribution in [2.75, 3.05) is 13.1 Å². The smallest absolute Gasteiger partial charge is 0.257 e. The minimum atomic E-state index is 0. The van der Waals surface area contributed by atoms with Gasteiger partial charge in [-0.2, -0.15) is 5.10 Å². The molecular formula is C23H28ClN5O. The molecule has 1 aliphatic rings. The molecule has 6 nitrogen and oxygen atoms in total. The predicted molar refractivity (Wildman–Crippen MR) is 120 cm³/mol. The quantitative estimate of drug-likeness (QED) is 0.656. The Labute approximate surface area is 183 Å². The monoisotopic (exact) mass is 425 g/mol. The number of aromatic nitrogens is 3. The fourth-order valence-electron chi connectivity index (χ4n) is 3.84. The van der Waals surface area contributed by atoms with Gasteiger partial charge in [-0.15, -0.1) is 12.4 Å². The highest BCUT2D eigenvalue weighted by molar-refractivity contribution is 5.94. The summed E-state index contributed by atoms with van der Waals surface area (Å²) < 4.78 is 1.83. The highest BCUT2D eigenvalue weighted by Gasteiger charge is 2.27. The van der Waals surface area contributed by atoms with E-state index >= 15 is 0 Å². The maximum Gasteiger partial charge on any atom is 0.257 e. The molecule has 1 N–H and O–H groups in total. The molecule has 1 amide bonds. The first-order valence-corrected chi connectivity index (χ1v) is 10.3. The fraction of sp³-hybridized carbons (Fsp3) is 0.348. The lowest BCUT2D eigenvalue weighted by Gasteiger charge is -2.30. The minimum Gasteiger partial charge on any atom is -0.330 e. The third-order valence-electron chi connectivity index (χ3n) is 5.37. The first-order chi connectivity index (χ1) is 14.3. The highest BCUT2D eigenvalue weighted by Crippen LogP contribution is 2.19. The fourth-order valence-corrected chi connectivity index (χ4v) is 3.84. The molecule has 0 aliphatic carbocycles. The van der Waals surface area contributed by atoms with Crippen LogP contribution in [0.3, 0.4) is 0 Å². The zero-order chi connectivity index (χ0) is 19.9. The predicted octanol–water partition coefficient (Wildman–Crippen LogP) is 3.53. The summed E-state index contributed by atoms with van der Waals surface area (Å²) in [6.07, 6.45) is 8.36. The summed E-state index contributed by atoms with van der Waals surface area (Å²) in [5.41, 5.74) is 2.71. The number of carbonyl (C=O) groups is 1. The van der Waals surface area contributed by atoms with Gasteiger partial charge < -0.3 is 10.2 Å². The number of benzene rings is 1. The van der Waals surface area contributed by atoms with Crippen molar-refractivity contribution in [2.45, 2.75) is 38.4 Å². The van der Waals surface area contributed by atoms with Crippen LogP contribution in [0.2, 0.25) is 0 Å². The second kappa shape index (κ2) is 10.9. The molecule has 3 heterocycles. The largest absolute Gasteiger partial charge is 0.330 e. The van der Waals surface area contributed by atoms with E-state index in [4.69, 9.17) is 0 Å². The lowest BCUT2D eigenvalue weighted by molar-refractivity contribution is 0.0642. The molecule has 4 rings (SSSR count). The third kappa shape index (κ3) is 5.68. The van der Waals surface area contributed by atoms with Gasteiger partial charge in [-0.05, 0) is 50.0 Å². The molecule has 158 valence electrons. The lowest BCUT2D eigenvalue weighted by Crippen LogP contribution is -2.40. The summed E-state index contributed by atoms with van der Waals surface area (Å²) in [7, 11) is 0. The maximum atomic E-state index is 13.5. The standard InChI is InChI=1S/C23H27N5O.ClH/c29-23(20-15-26-27(17-20)16-19-7-2-1-3-8-19)28(18-21-9-4-5-13-25-21)22-10-6-12-24-14-11-22;/h1-5,7-9,13,15,17,22,24H,6,10-12,14,16,18H2;1H. The number of amides is 1. The summed E-state index contributed by atoms with van der Waals surface area (Å²) in [6.45, 7) is 3.12. The van der Waals surface area contributed by atoms with E-state index in [2.05, 4.69) is 27.5 Å². The number of halogens is 1. The van der Waals surface area contributed by atoms with Gasteiger partial charge >= 0.3 is 0 Å². The van der Waals surface area contributed by atoms with Gasteiger partial charge in [0.2, 0.25) is 0 Å². The summed E-state index contributed by atoms with van der Waals surface area (Å²) in [5.74, 6) is 0.0295. The Kier molecular flexibility index (Phi) is 7.99. The molecular weight excluding hydrogens is 398 g/mol. The van der Waals surface area contributed by atoms with Crippen LogP contribution in [-0.4, -0.2) is 44.7 Å². The molecule has 1 aromatic carbocycles. The Hall–Kier alpha value is -2.70. The van der Waals surface area contributed by atoms with Crippen LogP contribution < -0.4 is 5.32 Å². The summed E-state index contributed by atoms with van der Waals surface area (Å²) in [5, 5.41) is 7.86. The molecule has 0 radical (unpaired) electrons. The Balaban J connectivity index is 0.00000256. The zero-order valence-electron chi connectivity index (χ0n) is 17.0. The molecule has 1 atom stereocenters. The van der Waals surface area contributed by atoms with Crippen LogP contribution in [0.4, 0.5) is 0 Å². The Morgan fingerprint density at radius 1 is 1.10 bits per heavy atom. The average Bonchev–Trinajstić information content (AvgIpc) is 3.05. The Morgan fingerprint density at radius 2 is 1.93 bits per heavy atom. The first kappa shape index (κ1) is 22.0. The number of rotatable bonds is 6. The number of nitrogens with one attached hydrogen (secondary N) is 1. The molecule has 2 aromatic heterocycles. The summed E-state index contributed by atoms with van der Waals surface area (Å²) in [6, 6.07) is 16.2. The van der Waals surface area contributed by atoms with E-state index in [0.717, 1.165) is 43.6 Å². The molecule has 30 heavy (non-hydrogen) atoms. The van der Waals surface area contributed by atoms with E-state index in [-0.39, 0.29) is 24.4 Å². The van der Waals surface area contributed by atoms with Gasteiger partial charge in [0, 0.05) is 18.4 Å². The molecule has 1 unspecified atom stereocenters. The van der Waals surface area contributed by atoms with Gasteiger partial charge in [0.1, 0.15) is 0 Å². The molecule has 1 fully saturated rings. The van der Waals surface area contributed by atoms with Gasteiger partial charge in [0.25, 0.3) is 5.91 Å². The van der Waals surface area contributed by atoms with Crippen molar-refractivity contribution in [3.8, 4) is 0 Å². The number of hydrogen-bond acceptors (Lipinski definition) is 4. The van der Waals surface area contributed by atoms with E-state index in [1.54, 1.807) is 12.4 Å². The van der Waals surface area contributed by atoms with Gasteiger partial charge in [0.15, 0.2) is 0 Å². The SMILES string of the molecule is Cl.O=C(c1cnn(Cc2ccccc2)c1)N(Cc1ccccn1)C1CCCNCC1. The molecule has 1 saturated heterocycles. The molecule has 0 saturated carbocycles. The normalized spacial score (nSPS) is 16.3. The maximum absolute atomic E-state index is 13.5. The van der Waals surface area contributed by atoms with Crippen LogP contribution in [-0.2, 0) is 13.1 Å². The number of pyridine rings is 1. The molecule has 3 aromatic rings. The minimum absolute atomic E-state index is 0.